The minimum absolute atomic E-state index is 0.118. The van der Waals surface area contributed by atoms with Crippen molar-refractivity contribution in [3.05, 3.63) is 64.7 Å². The van der Waals surface area contributed by atoms with Gasteiger partial charge >= 0.3 is 0 Å². The number of hydrogen-bond donors (Lipinski definition) is 1. The maximum absolute atomic E-state index is 13.1. The highest BCUT2D eigenvalue weighted by molar-refractivity contribution is 6.46. The molecule has 1 atom stereocenters. The van der Waals surface area contributed by atoms with E-state index >= 15 is 0 Å². The fraction of sp³-hybridized carbons (Fsp3) is 0.385. The van der Waals surface area contributed by atoms with Crippen LogP contribution in [0.3, 0.4) is 0 Å². The van der Waals surface area contributed by atoms with E-state index in [1.807, 2.05) is 50.2 Å². The number of aliphatic hydroxyl groups excluding tert-OH is 1. The maximum Gasteiger partial charge on any atom is 0.295 e. The Hall–Kier alpha value is -3.28. The van der Waals surface area contributed by atoms with Crippen LogP contribution in [0.2, 0.25) is 0 Å². The van der Waals surface area contributed by atoms with Crippen LogP contribution < -0.4 is 9.47 Å². The van der Waals surface area contributed by atoms with Crippen LogP contribution >= 0.6 is 0 Å². The van der Waals surface area contributed by atoms with E-state index in [0.29, 0.717) is 37.5 Å². The molecule has 1 unspecified atom stereocenters. The molecule has 0 saturated carbocycles. The standard InChI is InChI=1S/C26H29NO5/c1-3-12-27-23(18-7-5-9-20(16-18)31-13-4-2)22(25(29)26(27)30)24(28)19-10-11-21-17(15-19)8-6-14-32-21/h5,7,9-11,15-16,23,28H,3-4,6,8,12-14H2,1-2H3/b24-22-. The highest BCUT2D eigenvalue weighted by Gasteiger charge is 2.45. The summed E-state index contributed by atoms with van der Waals surface area (Å²) in [5, 5.41) is 11.2. The number of rotatable bonds is 7. The maximum atomic E-state index is 13.1. The Bertz CT molecular complexity index is 1060. The number of benzene rings is 2. The third-order valence-electron chi connectivity index (χ3n) is 5.83. The van der Waals surface area contributed by atoms with Crippen molar-refractivity contribution < 1.29 is 24.2 Å². The van der Waals surface area contributed by atoms with Crippen LogP contribution in [0.25, 0.3) is 5.76 Å². The average molecular weight is 436 g/mol. The van der Waals surface area contributed by atoms with Gasteiger partial charge in [0.05, 0.1) is 24.8 Å². The highest BCUT2D eigenvalue weighted by atomic mass is 16.5. The molecule has 1 fully saturated rings. The molecule has 0 aromatic heterocycles. The first-order chi connectivity index (χ1) is 15.5. The number of nitrogens with zero attached hydrogens (tertiary/aromatic N) is 1. The van der Waals surface area contributed by atoms with Crippen LogP contribution in [0, 0.1) is 0 Å². The molecule has 0 radical (unpaired) electrons. The molecule has 1 amide bonds. The molecule has 0 aliphatic carbocycles. The summed E-state index contributed by atoms with van der Waals surface area (Å²) in [4.78, 5) is 27.5. The van der Waals surface area contributed by atoms with Gasteiger partial charge in [-0.1, -0.05) is 26.0 Å². The Morgan fingerprint density at radius 2 is 2.00 bits per heavy atom. The molecule has 2 aromatic carbocycles. The van der Waals surface area contributed by atoms with E-state index in [0.717, 1.165) is 36.1 Å². The lowest BCUT2D eigenvalue weighted by atomic mass is 9.94. The molecule has 1 saturated heterocycles. The number of amides is 1. The van der Waals surface area contributed by atoms with Gasteiger partial charge in [0.2, 0.25) is 0 Å². The zero-order valence-corrected chi connectivity index (χ0v) is 18.6. The van der Waals surface area contributed by atoms with E-state index in [1.54, 1.807) is 11.0 Å². The van der Waals surface area contributed by atoms with Crippen molar-refractivity contribution in [2.45, 2.75) is 45.6 Å². The van der Waals surface area contributed by atoms with Gasteiger partial charge in [0, 0.05) is 12.1 Å². The number of fused-ring (bicyclic) bond motifs is 1. The van der Waals surface area contributed by atoms with Gasteiger partial charge in [-0.05, 0) is 67.1 Å². The van der Waals surface area contributed by atoms with E-state index in [1.165, 1.54) is 0 Å². The fourth-order valence-electron chi connectivity index (χ4n) is 4.36. The molecular weight excluding hydrogens is 406 g/mol. The van der Waals surface area contributed by atoms with Crippen molar-refractivity contribution in [2.24, 2.45) is 0 Å². The summed E-state index contributed by atoms with van der Waals surface area (Å²) < 4.78 is 11.4. The number of ketones is 1. The summed E-state index contributed by atoms with van der Waals surface area (Å²) in [5.41, 5.74) is 2.38. The van der Waals surface area contributed by atoms with Gasteiger partial charge in [0.25, 0.3) is 11.7 Å². The monoisotopic (exact) mass is 435 g/mol. The van der Waals surface area contributed by atoms with Gasteiger partial charge in [-0.3, -0.25) is 9.59 Å². The zero-order valence-electron chi connectivity index (χ0n) is 18.6. The van der Waals surface area contributed by atoms with Gasteiger partial charge in [-0.15, -0.1) is 0 Å². The van der Waals surface area contributed by atoms with Crippen molar-refractivity contribution in [3.8, 4) is 11.5 Å². The molecule has 168 valence electrons. The summed E-state index contributed by atoms with van der Waals surface area (Å²) in [6, 6.07) is 12.2. The van der Waals surface area contributed by atoms with Gasteiger partial charge in [0.1, 0.15) is 17.3 Å². The average Bonchev–Trinajstić information content (AvgIpc) is 3.07. The predicted molar refractivity (Wildman–Crippen MR) is 122 cm³/mol. The van der Waals surface area contributed by atoms with Crippen LogP contribution in [-0.4, -0.2) is 41.5 Å². The Balaban J connectivity index is 1.81. The van der Waals surface area contributed by atoms with E-state index in [2.05, 4.69) is 0 Å². The molecule has 4 rings (SSSR count). The van der Waals surface area contributed by atoms with Crippen molar-refractivity contribution >= 4 is 17.4 Å². The Labute approximate surface area is 188 Å². The zero-order chi connectivity index (χ0) is 22.7. The third kappa shape index (κ3) is 4.09. The molecule has 0 bridgehead atoms. The number of carbonyl (C=O) groups excluding carboxylic acids is 2. The Morgan fingerprint density at radius 1 is 1.16 bits per heavy atom. The lowest BCUT2D eigenvalue weighted by molar-refractivity contribution is -0.139. The third-order valence-corrected chi connectivity index (χ3v) is 5.83. The first-order valence-corrected chi connectivity index (χ1v) is 11.3. The summed E-state index contributed by atoms with van der Waals surface area (Å²) in [6.07, 6.45) is 3.33. The molecule has 2 aromatic rings. The van der Waals surface area contributed by atoms with Crippen molar-refractivity contribution in [1.82, 2.24) is 4.90 Å². The quantitative estimate of drug-likeness (QED) is 0.390. The number of aliphatic hydroxyl groups is 1. The normalized spacial score (nSPS) is 19.6. The molecule has 6 nitrogen and oxygen atoms in total. The van der Waals surface area contributed by atoms with Crippen LogP contribution in [0.1, 0.15) is 55.8 Å². The number of carbonyl (C=O) groups is 2. The first-order valence-electron chi connectivity index (χ1n) is 11.3. The van der Waals surface area contributed by atoms with E-state index < -0.39 is 17.7 Å². The summed E-state index contributed by atoms with van der Waals surface area (Å²) in [6.45, 7) is 5.67. The Kier molecular flexibility index (Phi) is 6.49. The summed E-state index contributed by atoms with van der Waals surface area (Å²) >= 11 is 0. The molecule has 2 aliphatic rings. The van der Waals surface area contributed by atoms with Crippen LogP contribution in [0.4, 0.5) is 0 Å². The number of likely N-dealkylation sites (tertiary alicyclic amines) is 1. The molecule has 2 heterocycles. The number of Topliss-reactive ketones (excluding diaryl/α,β-unsaturated/α-hetero) is 1. The van der Waals surface area contributed by atoms with Gasteiger partial charge < -0.3 is 19.5 Å². The molecule has 6 heteroatoms. The number of aryl methyl sites for hydroxylation is 1. The lowest BCUT2D eigenvalue weighted by Gasteiger charge is -2.25. The molecule has 1 N–H and O–H groups in total. The molecule has 0 spiro atoms. The first kappa shape index (κ1) is 21.9. The highest BCUT2D eigenvalue weighted by Crippen LogP contribution is 2.41. The van der Waals surface area contributed by atoms with Gasteiger partial charge in [0.15, 0.2) is 0 Å². The largest absolute Gasteiger partial charge is 0.507 e. The molecule has 2 aliphatic heterocycles. The van der Waals surface area contributed by atoms with Gasteiger partial charge in [-0.2, -0.15) is 0 Å². The second-order valence-corrected chi connectivity index (χ2v) is 8.19. The lowest BCUT2D eigenvalue weighted by Crippen LogP contribution is -2.30. The van der Waals surface area contributed by atoms with Gasteiger partial charge in [-0.25, -0.2) is 0 Å². The van der Waals surface area contributed by atoms with Crippen molar-refractivity contribution in [2.75, 3.05) is 19.8 Å². The number of ether oxygens (including phenoxy) is 2. The van der Waals surface area contributed by atoms with Crippen molar-refractivity contribution in [3.63, 3.8) is 0 Å². The van der Waals surface area contributed by atoms with E-state index in [9.17, 15) is 14.7 Å². The minimum Gasteiger partial charge on any atom is -0.507 e. The van der Waals surface area contributed by atoms with E-state index in [4.69, 9.17) is 9.47 Å². The number of hydrogen-bond acceptors (Lipinski definition) is 5. The van der Waals surface area contributed by atoms with Crippen molar-refractivity contribution in [1.29, 1.82) is 0 Å². The summed E-state index contributed by atoms with van der Waals surface area (Å²) in [7, 11) is 0. The topological polar surface area (TPSA) is 76.1 Å². The van der Waals surface area contributed by atoms with Crippen LogP contribution in [0.5, 0.6) is 11.5 Å². The fourth-order valence-corrected chi connectivity index (χ4v) is 4.36. The second kappa shape index (κ2) is 9.47. The smallest absolute Gasteiger partial charge is 0.295 e. The van der Waals surface area contributed by atoms with E-state index in [-0.39, 0.29) is 11.3 Å². The second-order valence-electron chi connectivity index (χ2n) is 8.19. The van der Waals surface area contributed by atoms with Crippen LogP contribution in [0.15, 0.2) is 48.0 Å². The molecular formula is C26H29NO5. The predicted octanol–water partition coefficient (Wildman–Crippen LogP) is 4.63. The van der Waals surface area contributed by atoms with Crippen LogP contribution in [-0.2, 0) is 16.0 Å². The molecule has 32 heavy (non-hydrogen) atoms. The minimum atomic E-state index is -0.660. The Morgan fingerprint density at radius 3 is 2.78 bits per heavy atom. The summed E-state index contributed by atoms with van der Waals surface area (Å²) in [5.74, 6) is 0.0866. The SMILES string of the molecule is CCCOc1cccc(C2/C(=C(/O)c3ccc4c(c3)CCCO4)C(=O)C(=O)N2CCC)c1.